The van der Waals surface area contributed by atoms with Crippen molar-refractivity contribution in [3.63, 3.8) is 0 Å². The molecule has 0 heterocycles. The molecule has 0 radical (unpaired) electrons. The van der Waals surface area contributed by atoms with Crippen molar-refractivity contribution in [1.82, 2.24) is 5.32 Å². The number of methoxy groups -OCH3 is 1. The van der Waals surface area contributed by atoms with Gasteiger partial charge in [0.2, 0.25) is 0 Å². The SMILES string of the molecule is COCc1ccccc1CNCC(C)(C)C(=O)O. The molecule has 0 saturated heterocycles. The Balaban J connectivity index is 2.56. The topological polar surface area (TPSA) is 58.6 Å². The van der Waals surface area contributed by atoms with Crippen LogP contribution in [0.3, 0.4) is 0 Å². The second-order valence-corrected chi connectivity index (χ2v) is 4.99. The van der Waals surface area contributed by atoms with Crippen molar-refractivity contribution >= 4 is 5.97 Å². The van der Waals surface area contributed by atoms with Gasteiger partial charge in [-0.25, -0.2) is 0 Å². The smallest absolute Gasteiger partial charge is 0.310 e. The van der Waals surface area contributed by atoms with Gasteiger partial charge in [0.25, 0.3) is 0 Å². The van der Waals surface area contributed by atoms with Crippen LogP contribution in [0, 0.1) is 5.41 Å². The van der Waals surface area contributed by atoms with Crippen molar-refractivity contribution in [2.24, 2.45) is 5.41 Å². The van der Waals surface area contributed by atoms with E-state index in [-0.39, 0.29) is 0 Å². The summed E-state index contributed by atoms with van der Waals surface area (Å²) in [4.78, 5) is 11.0. The van der Waals surface area contributed by atoms with Crippen LogP contribution >= 0.6 is 0 Å². The summed E-state index contributed by atoms with van der Waals surface area (Å²) < 4.78 is 5.13. The predicted molar refractivity (Wildman–Crippen MR) is 70.3 cm³/mol. The van der Waals surface area contributed by atoms with Crippen LogP contribution in [0.25, 0.3) is 0 Å². The fraction of sp³-hybridized carbons (Fsp3) is 0.500. The second kappa shape index (κ2) is 6.52. The summed E-state index contributed by atoms with van der Waals surface area (Å²) in [6, 6.07) is 7.98. The zero-order valence-electron chi connectivity index (χ0n) is 11.2. The molecule has 0 spiro atoms. The molecule has 4 nitrogen and oxygen atoms in total. The summed E-state index contributed by atoms with van der Waals surface area (Å²) >= 11 is 0. The third kappa shape index (κ3) is 4.13. The van der Waals surface area contributed by atoms with Crippen molar-refractivity contribution < 1.29 is 14.6 Å². The van der Waals surface area contributed by atoms with Crippen molar-refractivity contribution in [3.05, 3.63) is 35.4 Å². The van der Waals surface area contributed by atoms with Crippen LogP contribution in [0.15, 0.2) is 24.3 Å². The van der Waals surface area contributed by atoms with Gasteiger partial charge in [0.15, 0.2) is 0 Å². The Morgan fingerprint density at radius 3 is 2.50 bits per heavy atom. The molecule has 0 amide bonds. The molecule has 0 aliphatic carbocycles. The molecule has 0 bridgehead atoms. The van der Waals surface area contributed by atoms with Crippen LogP contribution in [0.5, 0.6) is 0 Å². The molecule has 4 heteroatoms. The highest BCUT2D eigenvalue weighted by Crippen LogP contribution is 2.14. The number of carboxylic acid groups (broad SMARTS) is 1. The van der Waals surface area contributed by atoms with E-state index in [1.165, 1.54) is 0 Å². The fourth-order valence-electron chi connectivity index (χ4n) is 1.61. The summed E-state index contributed by atoms with van der Waals surface area (Å²) in [6.45, 7) is 5.08. The number of carboxylic acids is 1. The summed E-state index contributed by atoms with van der Waals surface area (Å²) in [7, 11) is 1.66. The Labute approximate surface area is 108 Å². The van der Waals surface area contributed by atoms with Gasteiger partial charge in [0, 0.05) is 20.2 Å². The van der Waals surface area contributed by atoms with Crippen LogP contribution in [0.1, 0.15) is 25.0 Å². The van der Waals surface area contributed by atoms with Crippen molar-refractivity contribution in [3.8, 4) is 0 Å². The largest absolute Gasteiger partial charge is 0.481 e. The monoisotopic (exact) mass is 251 g/mol. The summed E-state index contributed by atoms with van der Waals surface area (Å²) in [5.41, 5.74) is 1.51. The van der Waals surface area contributed by atoms with E-state index >= 15 is 0 Å². The molecule has 0 aliphatic rings. The van der Waals surface area contributed by atoms with Gasteiger partial charge in [0.05, 0.1) is 12.0 Å². The summed E-state index contributed by atoms with van der Waals surface area (Å²) in [5, 5.41) is 12.2. The predicted octanol–water partition coefficient (Wildman–Crippen LogP) is 2.03. The molecule has 0 atom stereocenters. The standard InChI is InChI=1S/C14H21NO3/c1-14(2,13(16)17)10-15-8-11-6-4-5-7-12(11)9-18-3/h4-7,15H,8-10H2,1-3H3,(H,16,17). The molecule has 0 saturated carbocycles. The van der Waals surface area contributed by atoms with Gasteiger partial charge in [-0.1, -0.05) is 24.3 Å². The third-order valence-electron chi connectivity index (χ3n) is 2.88. The van der Waals surface area contributed by atoms with Gasteiger partial charge < -0.3 is 15.2 Å². The number of hydrogen-bond acceptors (Lipinski definition) is 3. The van der Waals surface area contributed by atoms with Gasteiger partial charge in [0.1, 0.15) is 0 Å². The van der Waals surface area contributed by atoms with Crippen molar-refractivity contribution in [1.29, 1.82) is 0 Å². The number of hydrogen-bond donors (Lipinski definition) is 2. The molecule has 0 unspecified atom stereocenters. The average molecular weight is 251 g/mol. The van der Waals surface area contributed by atoms with Crippen LogP contribution in [-0.2, 0) is 22.7 Å². The Bertz CT molecular complexity index is 402. The number of rotatable bonds is 7. The Morgan fingerprint density at radius 1 is 1.33 bits per heavy atom. The zero-order chi connectivity index (χ0) is 13.6. The Morgan fingerprint density at radius 2 is 1.94 bits per heavy atom. The number of benzene rings is 1. The van der Waals surface area contributed by atoms with Crippen molar-refractivity contribution in [2.45, 2.75) is 27.0 Å². The molecule has 0 fully saturated rings. The number of ether oxygens (including phenoxy) is 1. The van der Waals surface area contributed by atoms with E-state index in [2.05, 4.69) is 5.32 Å². The van der Waals surface area contributed by atoms with E-state index in [9.17, 15) is 4.79 Å². The maximum Gasteiger partial charge on any atom is 0.310 e. The van der Waals surface area contributed by atoms with Crippen molar-refractivity contribution in [2.75, 3.05) is 13.7 Å². The van der Waals surface area contributed by atoms with Gasteiger partial charge in [-0.2, -0.15) is 0 Å². The Kier molecular flexibility index (Phi) is 5.31. The molecule has 100 valence electrons. The number of carbonyl (C=O) groups is 1. The molecule has 0 aliphatic heterocycles. The average Bonchev–Trinajstić information content (AvgIpc) is 2.31. The maximum atomic E-state index is 11.0. The summed E-state index contributed by atoms with van der Waals surface area (Å²) in [6.07, 6.45) is 0. The lowest BCUT2D eigenvalue weighted by Gasteiger charge is -2.20. The molecular weight excluding hydrogens is 230 g/mol. The van der Waals surface area contributed by atoms with Gasteiger partial charge in [-0.15, -0.1) is 0 Å². The van der Waals surface area contributed by atoms with Gasteiger partial charge in [-0.05, 0) is 25.0 Å². The first-order valence-electron chi connectivity index (χ1n) is 5.97. The normalized spacial score (nSPS) is 11.5. The zero-order valence-corrected chi connectivity index (χ0v) is 11.2. The van der Waals surface area contributed by atoms with E-state index in [4.69, 9.17) is 9.84 Å². The van der Waals surface area contributed by atoms with Crippen LogP contribution in [0.4, 0.5) is 0 Å². The molecule has 1 aromatic carbocycles. The second-order valence-electron chi connectivity index (χ2n) is 4.99. The highest BCUT2D eigenvalue weighted by Gasteiger charge is 2.26. The lowest BCUT2D eigenvalue weighted by atomic mass is 9.94. The van der Waals surface area contributed by atoms with Crippen LogP contribution < -0.4 is 5.32 Å². The Hall–Kier alpha value is -1.39. The highest BCUT2D eigenvalue weighted by molar-refractivity contribution is 5.73. The third-order valence-corrected chi connectivity index (χ3v) is 2.88. The molecule has 2 N–H and O–H groups in total. The first kappa shape index (κ1) is 14.7. The minimum atomic E-state index is -0.792. The maximum absolute atomic E-state index is 11.0. The summed E-state index contributed by atoms with van der Waals surface area (Å²) in [5.74, 6) is -0.792. The molecule has 18 heavy (non-hydrogen) atoms. The lowest BCUT2D eigenvalue weighted by Crippen LogP contribution is -2.35. The first-order valence-corrected chi connectivity index (χ1v) is 5.97. The molecule has 1 rings (SSSR count). The molecule has 1 aromatic rings. The van der Waals surface area contributed by atoms with Crippen LogP contribution in [0.2, 0.25) is 0 Å². The van der Waals surface area contributed by atoms with Crippen LogP contribution in [-0.4, -0.2) is 24.7 Å². The quantitative estimate of drug-likeness (QED) is 0.778. The minimum Gasteiger partial charge on any atom is -0.481 e. The van der Waals surface area contributed by atoms with E-state index in [1.807, 2.05) is 24.3 Å². The van der Waals surface area contributed by atoms with E-state index in [1.54, 1.807) is 21.0 Å². The molecular formula is C14H21NO3. The van der Waals surface area contributed by atoms with Gasteiger partial charge >= 0.3 is 5.97 Å². The molecule has 0 aromatic heterocycles. The van der Waals surface area contributed by atoms with E-state index in [0.29, 0.717) is 19.7 Å². The highest BCUT2D eigenvalue weighted by atomic mass is 16.5. The van der Waals surface area contributed by atoms with E-state index < -0.39 is 11.4 Å². The first-order chi connectivity index (χ1) is 8.47. The fourth-order valence-corrected chi connectivity index (χ4v) is 1.61. The minimum absolute atomic E-state index is 0.434. The lowest BCUT2D eigenvalue weighted by molar-refractivity contribution is -0.146. The van der Waals surface area contributed by atoms with E-state index in [0.717, 1.165) is 11.1 Å². The van der Waals surface area contributed by atoms with Gasteiger partial charge in [-0.3, -0.25) is 4.79 Å². The number of nitrogens with one attached hydrogen (secondary N) is 1. The number of aliphatic carboxylic acids is 1.